The van der Waals surface area contributed by atoms with Crippen molar-refractivity contribution in [2.45, 2.75) is 39.0 Å². The minimum absolute atomic E-state index is 0.0450. The smallest absolute Gasteiger partial charge is 0.370 e. The van der Waals surface area contributed by atoms with Gasteiger partial charge in [-0.3, -0.25) is 9.69 Å². The molecule has 1 amide bonds. The number of nitrogens with two attached hydrogens (primary N) is 1. The summed E-state index contributed by atoms with van der Waals surface area (Å²) < 4.78 is 40.9. The summed E-state index contributed by atoms with van der Waals surface area (Å²) in [7, 11) is 1.66. The molecule has 0 aliphatic carbocycles. The van der Waals surface area contributed by atoms with Crippen molar-refractivity contribution in [2.24, 2.45) is 12.8 Å². The van der Waals surface area contributed by atoms with E-state index in [-0.39, 0.29) is 19.6 Å². The third-order valence-electron chi connectivity index (χ3n) is 3.00. The van der Waals surface area contributed by atoms with Crippen LogP contribution in [-0.2, 0) is 24.9 Å². The molecule has 0 atom stereocenters. The van der Waals surface area contributed by atoms with Crippen LogP contribution in [-0.4, -0.2) is 44.4 Å². The summed E-state index contributed by atoms with van der Waals surface area (Å²) in [4.78, 5) is 12.1. The second kappa shape index (κ2) is 7.73. The molecule has 1 heterocycles. The van der Waals surface area contributed by atoms with Crippen molar-refractivity contribution in [3.63, 3.8) is 0 Å². The highest BCUT2D eigenvalue weighted by molar-refractivity contribution is 7.71. The highest BCUT2D eigenvalue weighted by Gasteiger charge is 2.30. The number of alkyl halides is 3. The fraction of sp³-hybridized carbons (Fsp3) is 0.750. The highest BCUT2D eigenvalue weighted by Crippen LogP contribution is 2.17. The van der Waals surface area contributed by atoms with Gasteiger partial charge in [-0.1, -0.05) is 6.92 Å². The lowest BCUT2D eigenvalue weighted by molar-refractivity contribution is -0.149. The van der Waals surface area contributed by atoms with Crippen LogP contribution in [0, 0.1) is 4.77 Å². The maximum Gasteiger partial charge on any atom is 0.401 e. The molecule has 2 N–H and O–H groups in total. The normalized spacial score (nSPS) is 12.1. The van der Waals surface area contributed by atoms with Crippen molar-refractivity contribution in [3.8, 4) is 0 Å². The Hall–Kier alpha value is -1.42. The summed E-state index contributed by atoms with van der Waals surface area (Å²) in [6, 6.07) is 0. The minimum atomic E-state index is -4.28. The van der Waals surface area contributed by atoms with E-state index in [2.05, 4.69) is 5.10 Å². The molecule has 126 valence electrons. The zero-order valence-corrected chi connectivity index (χ0v) is 13.4. The number of primary amides is 1. The largest absolute Gasteiger partial charge is 0.401 e. The standard InChI is InChI=1S/C12H20F3N5OS/c1-3-6-19(7-12(13,14)15)8-20-11(22)18(2)10(17-20)5-4-9(16)21/h3-8H2,1-2H3,(H2,16,21). The Bertz CT molecular complexity index is 566. The van der Waals surface area contributed by atoms with E-state index in [9.17, 15) is 18.0 Å². The van der Waals surface area contributed by atoms with Crippen molar-refractivity contribution >= 4 is 18.1 Å². The lowest BCUT2D eigenvalue weighted by Crippen LogP contribution is -2.36. The minimum Gasteiger partial charge on any atom is -0.370 e. The molecule has 22 heavy (non-hydrogen) atoms. The number of hydrogen-bond donors (Lipinski definition) is 1. The van der Waals surface area contributed by atoms with Gasteiger partial charge in [0.25, 0.3) is 0 Å². The molecule has 1 aromatic rings. The summed E-state index contributed by atoms with van der Waals surface area (Å²) in [5, 5.41) is 4.19. The molecule has 0 radical (unpaired) electrons. The Kier molecular flexibility index (Phi) is 6.54. The molecule has 0 aliphatic heterocycles. The molecule has 0 saturated heterocycles. The molecule has 1 rings (SSSR count). The number of carbonyl (C=O) groups is 1. The predicted molar refractivity (Wildman–Crippen MR) is 77.5 cm³/mol. The molecule has 0 aliphatic rings. The number of halogens is 3. The highest BCUT2D eigenvalue weighted by atomic mass is 32.1. The van der Waals surface area contributed by atoms with Gasteiger partial charge in [-0.2, -0.15) is 18.3 Å². The number of aryl methyl sites for hydroxylation is 1. The van der Waals surface area contributed by atoms with Crippen LogP contribution in [0.4, 0.5) is 13.2 Å². The zero-order valence-electron chi connectivity index (χ0n) is 12.6. The molecule has 0 fully saturated rings. The van der Waals surface area contributed by atoms with Gasteiger partial charge in [-0.15, -0.1) is 0 Å². The molecule has 0 unspecified atom stereocenters. The predicted octanol–water partition coefficient (Wildman–Crippen LogP) is 1.60. The van der Waals surface area contributed by atoms with E-state index in [1.54, 1.807) is 18.5 Å². The second-order valence-corrected chi connectivity index (χ2v) is 5.40. The van der Waals surface area contributed by atoms with E-state index in [4.69, 9.17) is 18.0 Å². The maximum absolute atomic E-state index is 12.6. The number of amides is 1. The molecule has 10 heteroatoms. The Morgan fingerprint density at radius 1 is 1.45 bits per heavy atom. The molecule has 0 aromatic carbocycles. The summed E-state index contributed by atoms with van der Waals surface area (Å²) in [6.45, 7) is 1.03. The third-order valence-corrected chi connectivity index (χ3v) is 3.49. The van der Waals surface area contributed by atoms with E-state index in [1.807, 2.05) is 0 Å². The zero-order chi connectivity index (χ0) is 16.9. The number of nitrogens with zero attached hydrogens (tertiary/aromatic N) is 4. The first kappa shape index (κ1) is 18.6. The molecule has 0 saturated carbocycles. The lowest BCUT2D eigenvalue weighted by atomic mass is 10.3. The summed E-state index contributed by atoms with van der Waals surface area (Å²) in [6.07, 6.45) is -3.28. The van der Waals surface area contributed by atoms with Gasteiger partial charge in [0.1, 0.15) is 5.82 Å². The van der Waals surface area contributed by atoms with Crippen LogP contribution < -0.4 is 5.73 Å². The van der Waals surface area contributed by atoms with Crippen LogP contribution in [0.3, 0.4) is 0 Å². The van der Waals surface area contributed by atoms with Crippen molar-refractivity contribution in [3.05, 3.63) is 10.6 Å². The van der Waals surface area contributed by atoms with Crippen LogP contribution in [0.5, 0.6) is 0 Å². The number of rotatable bonds is 8. The van der Waals surface area contributed by atoms with Crippen molar-refractivity contribution in [1.29, 1.82) is 0 Å². The van der Waals surface area contributed by atoms with Crippen LogP contribution in [0.2, 0.25) is 0 Å². The maximum atomic E-state index is 12.6. The van der Waals surface area contributed by atoms with Gasteiger partial charge in [-0.25, -0.2) is 4.68 Å². The van der Waals surface area contributed by atoms with Gasteiger partial charge in [0.15, 0.2) is 4.77 Å². The quantitative estimate of drug-likeness (QED) is 0.731. The first-order valence-electron chi connectivity index (χ1n) is 6.84. The van der Waals surface area contributed by atoms with Gasteiger partial charge in [-0.05, 0) is 25.2 Å². The Balaban J connectivity index is 2.88. The average molecular weight is 339 g/mol. The number of aromatic nitrogens is 3. The van der Waals surface area contributed by atoms with Gasteiger partial charge in [0, 0.05) is 19.9 Å². The summed E-state index contributed by atoms with van der Waals surface area (Å²) in [5.74, 6) is 0.0532. The van der Waals surface area contributed by atoms with Crippen LogP contribution in [0.25, 0.3) is 0 Å². The topological polar surface area (TPSA) is 69.1 Å². The van der Waals surface area contributed by atoms with Gasteiger partial charge >= 0.3 is 6.18 Å². The molecule has 6 nitrogen and oxygen atoms in total. The van der Waals surface area contributed by atoms with E-state index in [1.165, 1.54) is 9.58 Å². The average Bonchev–Trinajstić information content (AvgIpc) is 2.63. The summed E-state index contributed by atoms with van der Waals surface area (Å²) >= 11 is 5.18. The number of carbonyl (C=O) groups excluding carboxylic acids is 1. The van der Waals surface area contributed by atoms with E-state index in [0.717, 1.165) is 0 Å². The fourth-order valence-electron chi connectivity index (χ4n) is 2.04. The number of hydrogen-bond acceptors (Lipinski definition) is 4. The van der Waals surface area contributed by atoms with Gasteiger partial charge in [0.05, 0.1) is 13.2 Å². The Morgan fingerprint density at radius 3 is 2.59 bits per heavy atom. The van der Waals surface area contributed by atoms with Gasteiger partial charge in [0.2, 0.25) is 5.91 Å². The first-order chi connectivity index (χ1) is 10.1. The van der Waals surface area contributed by atoms with Crippen molar-refractivity contribution in [2.75, 3.05) is 13.1 Å². The van der Waals surface area contributed by atoms with E-state index in [0.29, 0.717) is 23.4 Å². The van der Waals surface area contributed by atoms with Crippen molar-refractivity contribution in [1.82, 2.24) is 19.2 Å². The van der Waals surface area contributed by atoms with Gasteiger partial charge < -0.3 is 10.3 Å². The first-order valence-corrected chi connectivity index (χ1v) is 7.25. The second-order valence-electron chi connectivity index (χ2n) is 5.03. The van der Waals surface area contributed by atoms with E-state index >= 15 is 0 Å². The molecular formula is C12H20F3N5OS. The molecule has 0 spiro atoms. The molecular weight excluding hydrogens is 319 g/mol. The van der Waals surface area contributed by atoms with Crippen LogP contribution in [0.1, 0.15) is 25.6 Å². The summed E-state index contributed by atoms with van der Waals surface area (Å²) in [5.41, 5.74) is 5.08. The lowest BCUT2D eigenvalue weighted by Gasteiger charge is -2.22. The fourth-order valence-corrected chi connectivity index (χ4v) is 2.24. The SMILES string of the molecule is CCCN(Cn1nc(CCC(N)=O)n(C)c1=S)CC(F)(F)F. The van der Waals surface area contributed by atoms with Crippen LogP contribution >= 0.6 is 12.2 Å². The van der Waals surface area contributed by atoms with Crippen molar-refractivity contribution < 1.29 is 18.0 Å². The van der Waals surface area contributed by atoms with E-state index < -0.39 is 18.6 Å². The Labute approximate surface area is 131 Å². The third kappa shape index (κ3) is 5.76. The Morgan fingerprint density at radius 2 is 2.09 bits per heavy atom. The van der Waals surface area contributed by atoms with Crippen LogP contribution in [0.15, 0.2) is 0 Å². The monoisotopic (exact) mass is 339 g/mol. The molecule has 1 aromatic heterocycles. The molecule has 0 bridgehead atoms.